The van der Waals surface area contributed by atoms with Gasteiger partial charge in [0.25, 0.3) is 0 Å². The fourth-order valence-electron chi connectivity index (χ4n) is 4.61. The molecule has 1 saturated heterocycles. The van der Waals surface area contributed by atoms with Gasteiger partial charge < -0.3 is 19.5 Å². The number of hydrogen-bond acceptors (Lipinski definition) is 5. The van der Waals surface area contributed by atoms with Crippen molar-refractivity contribution in [2.45, 2.75) is 26.1 Å². The van der Waals surface area contributed by atoms with Crippen LogP contribution in [-0.4, -0.2) is 59.2 Å². The lowest BCUT2D eigenvalue weighted by Gasteiger charge is -2.36. The van der Waals surface area contributed by atoms with Crippen LogP contribution in [-0.2, 0) is 17.9 Å². The Morgan fingerprint density at radius 2 is 1.67 bits per heavy atom. The molecule has 7 nitrogen and oxygen atoms in total. The molecule has 0 saturated carbocycles. The first-order valence-corrected chi connectivity index (χ1v) is 12.6. The van der Waals surface area contributed by atoms with E-state index in [4.69, 9.17) is 4.74 Å². The van der Waals surface area contributed by atoms with E-state index >= 15 is 0 Å². The molecule has 1 aliphatic heterocycles. The number of para-hydroxylation sites is 3. The maximum atomic E-state index is 12.4. The number of benzene rings is 3. The first kappa shape index (κ1) is 23.9. The number of nitrogens with zero attached hydrogens (tertiary/aromatic N) is 4. The third-order valence-electron chi connectivity index (χ3n) is 6.59. The van der Waals surface area contributed by atoms with Crippen molar-refractivity contribution in [1.82, 2.24) is 19.8 Å². The molecule has 1 unspecified atom stereocenters. The van der Waals surface area contributed by atoms with Crippen LogP contribution in [0.1, 0.15) is 12.5 Å². The second-order valence-electron chi connectivity index (χ2n) is 9.34. The summed E-state index contributed by atoms with van der Waals surface area (Å²) >= 11 is 0. The van der Waals surface area contributed by atoms with Gasteiger partial charge in [0.1, 0.15) is 18.4 Å². The first-order chi connectivity index (χ1) is 17.6. The molecule has 5 rings (SSSR count). The average molecular weight is 484 g/mol. The lowest BCUT2D eigenvalue weighted by molar-refractivity contribution is -0.121. The number of nitrogens with one attached hydrogen (secondary N) is 1. The highest BCUT2D eigenvalue weighted by atomic mass is 16.5. The summed E-state index contributed by atoms with van der Waals surface area (Å²) in [6, 6.07) is 26.7. The van der Waals surface area contributed by atoms with Crippen LogP contribution in [0, 0.1) is 0 Å². The van der Waals surface area contributed by atoms with E-state index in [1.165, 1.54) is 11.3 Å². The highest BCUT2D eigenvalue weighted by molar-refractivity contribution is 5.80. The zero-order valence-corrected chi connectivity index (χ0v) is 20.7. The highest BCUT2D eigenvalue weighted by Gasteiger charge is 2.17. The minimum atomic E-state index is -0.134. The molecule has 3 aromatic carbocycles. The van der Waals surface area contributed by atoms with Gasteiger partial charge >= 0.3 is 0 Å². The van der Waals surface area contributed by atoms with Gasteiger partial charge in [0.15, 0.2) is 0 Å². The van der Waals surface area contributed by atoms with Gasteiger partial charge in [0, 0.05) is 38.4 Å². The summed E-state index contributed by atoms with van der Waals surface area (Å²) in [5, 5.41) is 2.96. The van der Waals surface area contributed by atoms with Crippen LogP contribution in [0.2, 0.25) is 0 Å². The summed E-state index contributed by atoms with van der Waals surface area (Å²) in [6.07, 6.45) is 1.57. The fraction of sp³-hybridized carbons (Fsp3) is 0.310. The van der Waals surface area contributed by atoms with E-state index in [0.29, 0.717) is 6.54 Å². The second kappa shape index (κ2) is 11.3. The lowest BCUT2D eigenvalue weighted by Crippen LogP contribution is -2.45. The SMILES string of the molecule is CC(CNC(=O)Cn1cnc2ccccc21)Oc1ccc(CN2CCN(c3ccccc3)CC2)cc1. The van der Waals surface area contributed by atoms with Crippen molar-refractivity contribution in [1.29, 1.82) is 0 Å². The third kappa shape index (κ3) is 6.04. The highest BCUT2D eigenvalue weighted by Crippen LogP contribution is 2.19. The monoisotopic (exact) mass is 483 g/mol. The first-order valence-electron chi connectivity index (χ1n) is 12.6. The Kier molecular flexibility index (Phi) is 7.47. The number of piperazine rings is 1. The molecule has 1 aliphatic rings. The van der Waals surface area contributed by atoms with E-state index in [1.54, 1.807) is 6.33 Å². The quantitative estimate of drug-likeness (QED) is 0.391. The van der Waals surface area contributed by atoms with Gasteiger partial charge in [-0.2, -0.15) is 0 Å². The van der Waals surface area contributed by atoms with Gasteiger partial charge in [-0.3, -0.25) is 9.69 Å². The number of carbonyl (C=O) groups is 1. The van der Waals surface area contributed by atoms with Gasteiger partial charge in [-0.05, 0) is 48.9 Å². The number of fused-ring (bicyclic) bond motifs is 1. The molecule has 0 spiro atoms. The Balaban J connectivity index is 1.04. The standard InChI is InChI=1S/C29H33N5O2/c1-23(19-30-29(35)21-34-22-31-27-9-5-6-10-28(27)34)36-26-13-11-24(12-14-26)20-32-15-17-33(18-16-32)25-7-3-2-4-8-25/h2-14,22-23H,15-21H2,1H3,(H,30,35). The summed E-state index contributed by atoms with van der Waals surface area (Å²) in [7, 11) is 0. The lowest BCUT2D eigenvalue weighted by atomic mass is 10.2. The number of anilines is 1. The Morgan fingerprint density at radius 1 is 0.944 bits per heavy atom. The molecular weight excluding hydrogens is 450 g/mol. The maximum absolute atomic E-state index is 12.4. The van der Waals surface area contributed by atoms with Gasteiger partial charge in [-0.1, -0.05) is 42.5 Å². The van der Waals surface area contributed by atoms with Crippen molar-refractivity contribution in [3.8, 4) is 5.75 Å². The van der Waals surface area contributed by atoms with Crippen molar-refractivity contribution in [2.75, 3.05) is 37.6 Å². The van der Waals surface area contributed by atoms with Gasteiger partial charge in [-0.25, -0.2) is 4.98 Å². The van der Waals surface area contributed by atoms with E-state index in [-0.39, 0.29) is 18.6 Å². The molecule has 7 heteroatoms. The molecule has 1 N–H and O–H groups in total. The predicted molar refractivity (Wildman–Crippen MR) is 143 cm³/mol. The number of hydrogen-bond donors (Lipinski definition) is 1. The number of carbonyl (C=O) groups excluding carboxylic acids is 1. The van der Waals surface area contributed by atoms with Crippen LogP contribution < -0.4 is 15.0 Å². The Bertz CT molecular complexity index is 1260. The number of imidazole rings is 1. The minimum Gasteiger partial charge on any atom is -0.489 e. The van der Waals surface area contributed by atoms with E-state index in [1.807, 2.05) is 47.9 Å². The Morgan fingerprint density at radius 3 is 2.44 bits per heavy atom. The third-order valence-corrected chi connectivity index (χ3v) is 6.59. The summed E-state index contributed by atoms with van der Waals surface area (Å²) in [6.45, 7) is 7.79. The van der Waals surface area contributed by atoms with Crippen LogP contribution in [0.4, 0.5) is 5.69 Å². The smallest absolute Gasteiger partial charge is 0.240 e. The molecule has 2 heterocycles. The van der Waals surface area contributed by atoms with Crippen LogP contribution in [0.25, 0.3) is 11.0 Å². The largest absolute Gasteiger partial charge is 0.489 e. The van der Waals surface area contributed by atoms with Crippen LogP contribution >= 0.6 is 0 Å². The molecule has 1 atom stereocenters. The maximum Gasteiger partial charge on any atom is 0.240 e. The predicted octanol–water partition coefficient (Wildman–Crippen LogP) is 3.94. The number of aromatic nitrogens is 2. The number of ether oxygens (including phenoxy) is 1. The Labute approximate surface area is 212 Å². The topological polar surface area (TPSA) is 62.6 Å². The minimum absolute atomic E-state index is 0.0590. The molecule has 1 aromatic heterocycles. The van der Waals surface area contributed by atoms with Gasteiger partial charge in [0.05, 0.1) is 23.9 Å². The van der Waals surface area contributed by atoms with Crippen molar-refractivity contribution in [3.05, 3.63) is 90.8 Å². The zero-order chi connectivity index (χ0) is 24.7. The van der Waals surface area contributed by atoms with Crippen molar-refractivity contribution >= 4 is 22.6 Å². The molecule has 0 bridgehead atoms. The molecule has 1 amide bonds. The summed E-state index contributed by atoms with van der Waals surface area (Å²) in [4.78, 5) is 21.7. The molecule has 0 radical (unpaired) electrons. The van der Waals surface area contributed by atoms with Crippen LogP contribution in [0.5, 0.6) is 5.75 Å². The molecule has 0 aliphatic carbocycles. The van der Waals surface area contributed by atoms with Crippen LogP contribution in [0.15, 0.2) is 85.2 Å². The van der Waals surface area contributed by atoms with Crippen molar-refractivity contribution in [2.24, 2.45) is 0 Å². The summed E-state index contributed by atoms with van der Waals surface area (Å²) in [5.74, 6) is 0.756. The van der Waals surface area contributed by atoms with Gasteiger partial charge in [0.2, 0.25) is 5.91 Å². The Hall–Kier alpha value is -3.84. The van der Waals surface area contributed by atoms with Crippen molar-refractivity contribution in [3.63, 3.8) is 0 Å². The molecule has 36 heavy (non-hydrogen) atoms. The zero-order valence-electron chi connectivity index (χ0n) is 20.7. The summed E-state index contributed by atoms with van der Waals surface area (Å²) < 4.78 is 7.88. The average Bonchev–Trinajstić information content (AvgIpc) is 3.32. The fourth-order valence-corrected chi connectivity index (χ4v) is 4.61. The van der Waals surface area contributed by atoms with E-state index in [9.17, 15) is 4.79 Å². The van der Waals surface area contributed by atoms with E-state index in [2.05, 4.69) is 62.6 Å². The van der Waals surface area contributed by atoms with Crippen LogP contribution in [0.3, 0.4) is 0 Å². The van der Waals surface area contributed by atoms with E-state index < -0.39 is 0 Å². The molecule has 1 fully saturated rings. The normalized spacial score (nSPS) is 15.1. The number of amides is 1. The number of rotatable bonds is 9. The summed E-state index contributed by atoms with van der Waals surface area (Å²) in [5.41, 5.74) is 4.43. The molecule has 186 valence electrons. The van der Waals surface area contributed by atoms with E-state index in [0.717, 1.165) is 49.5 Å². The molecule has 4 aromatic rings. The van der Waals surface area contributed by atoms with Gasteiger partial charge in [-0.15, -0.1) is 0 Å². The molecular formula is C29H33N5O2. The second-order valence-corrected chi connectivity index (χ2v) is 9.34. The van der Waals surface area contributed by atoms with Crippen molar-refractivity contribution < 1.29 is 9.53 Å².